The number of carbonyl (C=O) groups is 2. The van der Waals surface area contributed by atoms with Gasteiger partial charge in [0.15, 0.2) is 0 Å². The summed E-state index contributed by atoms with van der Waals surface area (Å²) in [5.74, 6) is 0.317. The normalized spacial score (nSPS) is 22.0. The molecule has 0 bridgehead atoms. The second-order valence-electron chi connectivity index (χ2n) is 8.79. The highest BCUT2D eigenvalue weighted by atomic mass is 16.2. The summed E-state index contributed by atoms with van der Waals surface area (Å²) in [6.45, 7) is 5.46. The fraction of sp³-hybridized carbons (Fsp3) is 0.619. The van der Waals surface area contributed by atoms with Crippen molar-refractivity contribution in [2.45, 2.75) is 64.0 Å². The van der Waals surface area contributed by atoms with E-state index in [4.69, 9.17) is 0 Å². The molecule has 8 heteroatoms. The van der Waals surface area contributed by atoms with Crippen molar-refractivity contribution in [3.05, 3.63) is 35.9 Å². The molecule has 1 aliphatic heterocycles. The van der Waals surface area contributed by atoms with Crippen molar-refractivity contribution in [3.8, 4) is 0 Å². The van der Waals surface area contributed by atoms with Crippen LogP contribution in [0.5, 0.6) is 0 Å². The van der Waals surface area contributed by atoms with E-state index in [2.05, 4.69) is 27.5 Å². The summed E-state index contributed by atoms with van der Waals surface area (Å²) in [6, 6.07) is 1.89. The van der Waals surface area contributed by atoms with Gasteiger partial charge >= 0.3 is 0 Å². The van der Waals surface area contributed by atoms with Crippen molar-refractivity contribution < 1.29 is 9.59 Å². The first kappa shape index (κ1) is 19.7. The number of rotatable bonds is 5. The number of hydrogen-bond acceptors (Lipinski definition) is 4. The molecule has 2 aromatic heterocycles. The van der Waals surface area contributed by atoms with Crippen LogP contribution in [-0.2, 0) is 22.4 Å². The molecule has 2 aliphatic rings. The fourth-order valence-electron chi connectivity index (χ4n) is 4.51. The number of carbonyl (C=O) groups excluding carboxylic acids is 2. The Morgan fingerprint density at radius 3 is 2.90 bits per heavy atom. The molecule has 1 saturated heterocycles. The van der Waals surface area contributed by atoms with Gasteiger partial charge in [0.1, 0.15) is 0 Å². The summed E-state index contributed by atoms with van der Waals surface area (Å²) in [5.41, 5.74) is 2.09. The van der Waals surface area contributed by atoms with E-state index in [1.54, 1.807) is 10.9 Å². The molecule has 0 radical (unpaired) electrons. The van der Waals surface area contributed by atoms with Gasteiger partial charge in [0.2, 0.25) is 11.8 Å². The molecule has 1 aliphatic carbocycles. The highest BCUT2D eigenvalue weighted by Gasteiger charge is 2.36. The zero-order chi connectivity index (χ0) is 20.4. The predicted octanol–water partition coefficient (Wildman–Crippen LogP) is 1.86. The molecule has 2 amide bonds. The second kappa shape index (κ2) is 8.00. The fourth-order valence-corrected chi connectivity index (χ4v) is 4.51. The molecule has 8 nitrogen and oxygen atoms in total. The highest BCUT2D eigenvalue weighted by Crippen LogP contribution is 2.28. The monoisotopic (exact) mass is 398 g/mol. The Labute approximate surface area is 171 Å². The second-order valence-corrected chi connectivity index (χ2v) is 8.79. The van der Waals surface area contributed by atoms with Crippen LogP contribution in [0.1, 0.15) is 56.8 Å². The Morgan fingerprint density at radius 2 is 2.17 bits per heavy atom. The smallest absolute Gasteiger partial charge is 0.226 e. The number of likely N-dealkylation sites (tertiary alicyclic amines) is 1. The molecule has 156 valence electrons. The molecular weight excluding hydrogens is 368 g/mol. The van der Waals surface area contributed by atoms with Gasteiger partial charge in [0.05, 0.1) is 12.2 Å². The van der Waals surface area contributed by atoms with Crippen molar-refractivity contribution in [2.75, 3.05) is 13.1 Å². The van der Waals surface area contributed by atoms with Crippen LogP contribution in [0, 0.1) is 5.92 Å². The maximum absolute atomic E-state index is 13.0. The number of nitrogens with zero attached hydrogens (tertiary/aromatic N) is 4. The van der Waals surface area contributed by atoms with Crippen LogP contribution in [0.2, 0.25) is 0 Å². The summed E-state index contributed by atoms with van der Waals surface area (Å²) < 4.78 is 1.80. The minimum atomic E-state index is -0.263. The molecule has 2 unspecified atom stereocenters. The van der Waals surface area contributed by atoms with Crippen LogP contribution >= 0.6 is 0 Å². The minimum Gasteiger partial charge on any atom is -0.351 e. The third kappa shape index (κ3) is 4.36. The highest BCUT2D eigenvalue weighted by molar-refractivity contribution is 5.80. The number of aromatic amines is 1. The first-order valence-electron chi connectivity index (χ1n) is 10.5. The maximum Gasteiger partial charge on any atom is 0.226 e. The van der Waals surface area contributed by atoms with Crippen LogP contribution < -0.4 is 5.32 Å². The molecule has 3 heterocycles. The molecule has 0 aromatic carbocycles. The molecule has 2 N–H and O–H groups in total. The minimum absolute atomic E-state index is 0.0222. The number of amides is 2. The van der Waals surface area contributed by atoms with Crippen LogP contribution in [0.4, 0.5) is 0 Å². The van der Waals surface area contributed by atoms with Gasteiger partial charge in [-0.15, -0.1) is 0 Å². The zero-order valence-electron chi connectivity index (χ0n) is 17.2. The van der Waals surface area contributed by atoms with Crippen LogP contribution in [0.3, 0.4) is 0 Å². The average molecular weight is 399 g/mol. The topological polar surface area (TPSA) is 95.9 Å². The maximum atomic E-state index is 13.0. The summed E-state index contributed by atoms with van der Waals surface area (Å²) in [5, 5.41) is 14.5. The Kier molecular flexibility index (Phi) is 5.43. The molecule has 2 atom stereocenters. The van der Waals surface area contributed by atoms with E-state index in [1.165, 1.54) is 5.56 Å². The summed E-state index contributed by atoms with van der Waals surface area (Å²) in [6.07, 6.45) is 9.99. The van der Waals surface area contributed by atoms with Gasteiger partial charge in [0, 0.05) is 55.5 Å². The Balaban J connectivity index is 1.27. The lowest BCUT2D eigenvalue weighted by Crippen LogP contribution is -2.55. The van der Waals surface area contributed by atoms with Crippen molar-refractivity contribution in [1.29, 1.82) is 0 Å². The quantitative estimate of drug-likeness (QED) is 0.804. The lowest BCUT2D eigenvalue weighted by Gasteiger charge is -2.41. The Morgan fingerprint density at radius 1 is 1.38 bits per heavy atom. The van der Waals surface area contributed by atoms with E-state index < -0.39 is 0 Å². The van der Waals surface area contributed by atoms with E-state index in [1.807, 2.05) is 30.3 Å². The number of nitrogens with one attached hydrogen (secondary N) is 2. The number of aromatic nitrogens is 4. The van der Waals surface area contributed by atoms with Gasteiger partial charge in [-0.1, -0.05) is 0 Å². The molecule has 4 rings (SSSR count). The Hall–Kier alpha value is -2.64. The number of hydrogen-bond donors (Lipinski definition) is 2. The zero-order valence-corrected chi connectivity index (χ0v) is 17.2. The molecule has 0 spiro atoms. The van der Waals surface area contributed by atoms with E-state index >= 15 is 0 Å². The molecular formula is C21H30N6O2. The number of H-pyrrole nitrogens is 1. The van der Waals surface area contributed by atoms with Crippen LogP contribution in [-0.4, -0.2) is 55.3 Å². The van der Waals surface area contributed by atoms with E-state index in [0.717, 1.165) is 37.8 Å². The van der Waals surface area contributed by atoms with Crippen molar-refractivity contribution in [1.82, 2.24) is 30.2 Å². The molecule has 0 saturated carbocycles. The van der Waals surface area contributed by atoms with Crippen molar-refractivity contribution in [3.63, 3.8) is 0 Å². The number of fused-ring (bicyclic) bond motifs is 1. The van der Waals surface area contributed by atoms with Crippen LogP contribution in [0.15, 0.2) is 24.7 Å². The van der Waals surface area contributed by atoms with Gasteiger partial charge < -0.3 is 10.2 Å². The van der Waals surface area contributed by atoms with E-state index in [0.29, 0.717) is 19.5 Å². The van der Waals surface area contributed by atoms with Crippen LogP contribution in [0.25, 0.3) is 0 Å². The first-order chi connectivity index (χ1) is 13.9. The van der Waals surface area contributed by atoms with Gasteiger partial charge in [-0.05, 0) is 51.2 Å². The average Bonchev–Trinajstić information content (AvgIpc) is 3.39. The largest absolute Gasteiger partial charge is 0.351 e. The van der Waals surface area contributed by atoms with E-state index in [-0.39, 0.29) is 29.3 Å². The standard InChI is InChI=1S/C21H30N6O2/c1-15(27-9-3-8-23-27)12-19(28)24-21(2)6-10-26(11-7-21)20(29)16-4-5-17-14-22-25-18(17)13-16/h3,8-9,14-16H,4-7,10-13H2,1-2H3,(H,22,25)(H,24,28). The summed E-state index contributed by atoms with van der Waals surface area (Å²) in [4.78, 5) is 27.5. The third-order valence-electron chi connectivity index (χ3n) is 6.45. The number of aryl methyl sites for hydroxylation is 1. The van der Waals surface area contributed by atoms with Gasteiger partial charge in [-0.25, -0.2) is 0 Å². The van der Waals surface area contributed by atoms with E-state index in [9.17, 15) is 9.59 Å². The Bertz CT molecular complexity index is 850. The van der Waals surface area contributed by atoms with Gasteiger partial charge in [-0.2, -0.15) is 10.2 Å². The van der Waals surface area contributed by atoms with Crippen molar-refractivity contribution in [2.24, 2.45) is 5.92 Å². The predicted molar refractivity (Wildman–Crippen MR) is 108 cm³/mol. The third-order valence-corrected chi connectivity index (χ3v) is 6.45. The molecule has 1 fully saturated rings. The lowest BCUT2D eigenvalue weighted by atomic mass is 9.85. The lowest BCUT2D eigenvalue weighted by molar-refractivity contribution is -0.137. The SMILES string of the molecule is CC(CC(=O)NC1(C)CCN(C(=O)C2CCc3cn[nH]c3C2)CC1)n1cccn1. The first-order valence-corrected chi connectivity index (χ1v) is 10.5. The van der Waals surface area contributed by atoms with Crippen molar-refractivity contribution >= 4 is 11.8 Å². The van der Waals surface area contributed by atoms with Gasteiger partial charge in [-0.3, -0.25) is 19.4 Å². The van der Waals surface area contributed by atoms with Gasteiger partial charge in [0.25, 0.3) is 0 Å². The summed E-state index contributed by atoms with van der Waals surface area (Å²) >= 11 is 0. The summed E-state index contributed by atoms with van der Waals surface area (Å²) in [7, 11) is 0. The number of piperidine rings is 1. The molecule has 29 heavy (non-hydrogen) atoms. The molecule has 2 aromatic rings.